The molecule has 1 amide bonds. The normalized spacial score (nSPS) is 33.2. The number of fused-ring (bicyclic) bond motifs is 5. The lowest BCUT2D eigenvalue weighted by Crippen LogP contribution is -2.51. The van der Waals surface area contributed by atoms with E-state index >= 15 is 0 Å². The fourth-order valence-corrected chi connectivity index (χ4v) is 7.66. The molecule has 2 aromatic carbocycles. The Kier molecular flexibility index (Phi) is 6.63. The maximum absolute atomic E-state index is 12.5. The van der Waals surface area contributed by atoms with Crippen molar-refractivity contribution in [2.24, 2.45) is 17.3 Å². The topological polar surface area (TPSA) is 91.3 Å². The number of ether oxygens (including phenoxy) is 2. The highest BCUT2D eigenvalue weighted by Gasteiger charge is 2.58. The van der Waals surface area contributed by atoms with Gasteiger partial charge in [-0.25, -0.2) is 0 Å². The first-order chi connectivity index (χ1) is 17.9. The summed E-state index contributed by atoms with van der Waals surface area (Å²) in [5.74, 6) is 2.24. The number of hydrogen-bond donors (Lipinski definition) is 3. The molecule has 2 aromatic rings. The van der Waals surface area contributed by atoms with E-state index in [9.17, 15) is 15.0 Å². The number of nitrogens with one attached hydrogen (secondary N) is 1. The van der Waals surface area contributed by atoms with E-state index in [0.717, 1.165) is 56.6 Å². The number of aliphatic hydroxyl groups is 1. The van der Waals surface area contributed by atoms with E-state index in [-0.39, 0.29) is 29.4 Å². The lowest BCUT2D eigenvalue weighted by Gasteiger charge is -2.53. The van der Waals surface area contributed by atoms with Gasteiger partial charge in [0.05, 0.1) is 25.9 Å². The van der Waals surface area contributed by atoms with Crippen molar-refractivity contribution >= 4 is 11.6 Å². The predicted octanol–water partition coefficient (Wildman–Crippen LogP) is 3.94. The molecule has 0 aromatic heterocycles. The van der Waals surface area contributed by atoms with Crippen LogP contribution < -0.4 is 10.1 Å². The van der Waals surface area contributed by atoms with Gasteiger partial charge in [-0.05, 0) is 91.5 Å². The highest BCUT2D eigenvalue weighted by Crippen LogP contribution is 2.61. The maximum Gasteiger partial charge on any atom is 0.238 e. The number of rotatable bonds is 5. The minimum absolute atomic E-state index is 0.0260. The van der Waals surface area contributed by atoms with Crippen LogP contribution in [0.1, 0.15) is 49.7 Å². The standard InChI is InChI=1S/C30H38N2O5/c1-30-17-26(37-22-6-3-20(4-7-22)31-28(35)18-32-12-14-36-15-13-32)29-23-9-5-21(33)16-19(23)2-8-24(29)25(30)10-11-27(30)34/h3-7,9,16,24-27,29,33-34H,2,8,10-15,17-18H2,1H3,(H,31,35)/t24-,25-,26-,27-,29+,30-/m0/s1. The van der Waals surface area contributed by atoms with E-state index in [2.05, 4.69) is 23.2 Å². The molecule has 3 fully saturated rings. The molecule has 1 heterocycles. The molecule has 0 radical (unpaired) electrons. The second kappa shape index (κ2) is 9.93. The number of carbonyl (C=O) groups is 1. The molecule has 0 spiro atoms. The van der Waals surface area contributed by atoms with Crippen molar-refractivity contribution in [3.8, 4) is 11.5 Å². The molecule has 0 unspecified atom stereocenters. The third-order valence-electron chi connectivity index (χ3n) is 9.51. The van der Waals surface area contributed by atoms with E-state index in [0.29, 0.717) is 37.3 Å². The van der Waals surface area contributed by atoms with Crippen LogP contribution in [0.2, 0.25) is 0 Å². The summed E-state index contributed by atoms with van der Waals surface area (Å²) in [6.07, 6.45) is 4.38. The molecule has 1 saturated heterocycles. The summed E-state index contributed by atoms with van der Waals surface area (Å²) in [4.78, 5) is 14.6. The van der Waals surface area contributed by atoms with Crippen molar-refractivity contribution in [3.63, 3.8) is 0 Å². The number of morpholine rings is 1. The molecule has 37 heavy (non-hydrogen) atoms. The summed E-state index contributed by atoms with van der Waals surface area (Å²) in [6, 6.07) is 13.4. The van der Waals surface area contributed by atoms with Gasteiger partial charge in [0.1, 0.15) is 17.6 Å². The second-order valence-corrected chi connectivity index (χ2v) is 11.6. The zero-order valence-electron chi connectivity index (χ0n) is 21.6. The molecule has 1 aliphatic heterocycles. The first kappa shape index (κ1) is 24.7. The van der Waals surface area contributed by atoms with Gasteiger partial charge in [0, 0.05) is 30.1 Å². The van der Waals surface area contributed by atoms with Crippen LogP contribution in [0.25, 0.3) is 0 Å². The van der Waals surface area contributed by atoms with Crippen molar-refractivity contribution in [2.75, 3.05) is 38.2 Å². The molecule has 3 aliphatic carbocycles. The highest BCUT2D eigenvalue weighted by atomic mass is 16.5. The monoisotopic (exact) mass is 506 g/mol. The minimum atomic E-state index is -0.296. The minimum Gasteiger partial charge on any atom is -0.508 e. The largest absolute Gasteiger partial charge is 0.508 e. The zero-order valence-corrected chi connectivity index (χ0v) is 21.6. The zero-order chi connectivity index (χ0) is 25.6. The van der Waals surface area contributed by atoms with Gasteiger partial charge in [0.15, 0.2) is 0 Å². The van der Waals surface area contributed by atoms with Gasteiger partial charge in [-0.15, -0.1) is 0 Å². The Morgan fingerprint density at radius 1 is 1.14 bits per heavy atom. The quantitative estimate of drug-likeness (QED) is 0.569. The summed E-state index contributed by atoms with van der Waals surface area (Å²) in [5.41, 5.74) is 3.11. The molecule has 6 atom stereocenters. The van der Waals surface area contributed by atoms with Crippen LogP contribution in [0.15, 0.2) is 42.5 Å². The number of aliphatic hydroxyl groups excluding tert-OH is 1. The summed E-state index contributed by atoms with van der Waals surface area (Å²) in [6.45, 7) is 5.52. The lowest BCUT2D eigenvalue weighted by molar-refractivity contribution is -0.118. The third-order valence-corrected chi connectivity index (χ3v) is 9.51. The SMILES string of the molecule is C[C@]12C[C@H](Oc3ccc(NC(=O)CN4CCOCC4)cc3)[C@@H]3c4ccc(O)cc4CC[C@H]3[C@@H]1CC[C@@H]2O. The van der Waals surface area contributed by atoms with E-state index < -0.39 is 0 Å². The number of phenols is 1. The molecule has 2 saturated carbocycles. The maximum atomic E-state index is 12.5. The Morgan fingerprint density at radius 2 is 1.92 bits per heavy atom. The lowest BCUT2D eigenvalue weighted by atomic mass is 9.54. The van der Waals surface area contributed by atoms with Crippen LogP contribution in [0.3, 0.4) is 0 Å². The smallest absolute Gasteiger partial charge is 0.238 e. The number of anilines is 1. The molecule has 7 heteroatoms. The van der Waals surface area contributed by atoms with Crippen LogP contribution in [-0.2, 0) is 16.0 Å². The predicted molar refractivity (Wildman–Crippen MR) is 141 cm³/mol. The Balaban J connectivity index is 1.20. The van der Waals surface area contributed by atoms with E-state index in [1.165, 1.54) is 11.1 Å². The summed E-state index contributed by atoms with van der Waals surface area (Å²) < 4.78 is 12.1. The van der Waals surface area contributed by atoms with Gasteiger partial charge in [0.2, 0.25) is 5.91 Å². The Morgan fingerprint density at radius 3 is 2.70 bits per heavy atom. The molecule has 0 bridgehead atoms. The van der Waals surface area contributed by atoms with Crippen molar-refractivity contribution < 1.29 is 24.5 Å². The molecular formula is C30H38N2O5. The van der Waals surface area contributed by atoms with Crippen LogP contribution >= 0.6 is 0 Å². The average molecular weight is 507 g/mol. The second-order valence-electron chi connectivity index (χ2n) is 11.6. The number of amides is 1. The van der Waals surface area contributed by atoms with Crippen molar-refractivity contribution in [3.05, 3.63) is 53.6 Å². The number of hydrogen-bond acceptors (Lipinski definition) is 6. The van der Waals surface area contributed by atoms with Gasteiger partial charge in [-0.1, -0.05) is 13.0 Å². The first-order valence-corrected chi connectivity index (χ1v) is 13.8. The summed E-state index contributed by atoms with van der Waals surface area (Å²) in [5, 5.41) is 24.1. The highest BCUT2D eigenvalue weighted by molar-refractivity contribution is 5.92. The molecule has 6 rings (SSSR count). The third kappa shape index (κ3) is 4.73. The van der Waals surface area contributed by atoms with E-state index in [4.69, 9.17) is 9.47 Å². The van der Waals surface area contributed by atoms with Crippen molar-refractivity contribution in [2.45, 2.75) is 57.2 Å². The van der Waals surface area contributed by atoms with Gasteiger partial charge in [-0.3, -0.25) is 9.69 Å². The number of phenolic OH excluding ortho intramolecular Hbond substituents is 1. The fraction of sp³-hybridized carbons (Fsp3) is 0.567. The Hall–Kier alpha value is -2.61. The van der Waals surface area contributed by atoms with E-state index in [1.807, 2.05) is 30.3 Å². The number of carbonyl (C=O) groups excluding carboxylic acids is 1. The molecule has 7 nitrogen and oxygen atoms in total. The van der Waals surface area contributed by atoms with E-state index in [1.54, 1.807) is 6.07 Å². The summed E-state index contributed by atoms with van der Waals surface area (Å²) >= 11 is 0. The van der Waals surface area contributed by atoms with Crippen LogP contribution in [0.4, 0.5) is 5.69 Å². The first-order valence-electron chi connectivity index (χ1n) is 13.8. The molecule has 4 aliphatic rings. The Bertz CT molecular complexity index is 1130. The van der Waals surface area contributed by atoms with Crippen LogP contribution in [0, 0.1) is 17.3 Å². The molecular weight excluding hydrogens is 468 g/mol. The van der Waals surface area contributed by atoms with Gasteiger partial charge in [-0.2, -0.15) is 0 Å². The fourth-order valence-electron chi connectivity index (χ4n) is 7.66. The Labute approximate surface area is 218 Å². The van der Waals surface area contributed by atoms with Gasteiger partial charge >= 0.3 is 0 Å². The van der Waals surface area contributed by atoms with Gasteiger partial charge < -0.3 is 25.0 Å². The number of nitrogens with zero attached hydrogens (tertiary/aromatic N) is 1. The van der Waals surface area contributed by atoms with Gasteiger partial charge in [0.25, 0.3) is 0 Å². The molecule has 3 N–H and O–H groups in total. The number of aromatic hydroxyl groups is 1. The van der Waals surface area contributed by atoms with Crippen molar-refractivity contribution in [1.29, 1.82) is 0 Å². The average Bonchev–Trinajstić information content (AvgIpc) is 3.19. The number of aryl methyl sites for hydroxylation is 1. The van der Waals surface area contributed by atoms with Crippen LogP contribution in [0.5, 0.6) is 11.5 Å². The molecule has 198 valence electrons. The van der Waals surface area contributed by atoms with Crippen molar-refractivity contribution in [1.82, 2.24) is 4.90 Å². The summed E-state index contributed by atoms with van der Waals surface area (Å²) in [7, 11) is 0. The number of benzene rings is 2. The van der Waals surface area contributed by atoms with Crippen LogP contribution in [-0.4, -0.2) is 66.1 Å².